The molecule has 15 heavy (non-hydrogen) atoms. The zero-order chi connectivity index (χ0) is 10.3. The molecule has 0 saturated carbocycles. The van der Waals surface area contributed by atoms with Gasteiger partial charge in [0, 0.05) is 18.3 Å². The smallest absolute Gasteiger partial charge is 0.136 e. The first-order chi connectivity index (χ1) is 7.34. The van der Waals surface area contributed by atoms with Gasteiger partial charge in [0.2, 0.25) is 0 Å². The molecule has 0 bridgehead atoms. The minimum atomic E-state index is 0.636. The lowest BCUT2D eigenvalue weighted by Gasteiger charge is -2.07. The van der Waals surface area contributed by atoms with Crippen LogP contribution in [0.1, 0.15) is 12.0 Å². The lowest BCUT2D eigenvalue weighted by Crippen LogP contribution is -2.09. The monoisotopic (exact) mass is 220 g/mol. The molecule has 0 radical (unpaired) electrons. The summed E-state index contributed by atoms with van der Waals surface area (Å²) < 4.78 is 0. The highest BCUT2D eigenvalue weighted by molar-refractivity contribution is 6.31. The number of nitrogens with zero attached hydrogens (tertiary/aromatic N) is 1. The van der Waals surface area contributed by atoms with Crippen LogP contribution in [-0.2, 0) is 0 Å². The second kappa shape index (κ2) is 3.62. The topological polar surface area (TPSA) is 24.9 Å². The highest BCUT2D eigenvalue weighted by Crippen LogP contribution is 2.39. The van der Waals surface area contributed by atoms with Crippen molar-refractivity contribution in [2.24, 2.45) is 11.8 Å². The van der Waals surface area contributed by atoms with Gasteiger partial charge in [-0.15, -0.1) is 0 Å². The fourth-order valence-corrected chi connectivity index (χ4v) is 2.85. The molecule has 2 aliphatic rings. The van der Waals surface area contributed by atoms with Crippen molar-refractivity contribution in [2.45, 2.75) is 6.42 Å². The van der Waals surface area contributed by atoms with Crippen molar-refractivity contribution in [1.29, 1.82) is 0 Å². The van der Waals surface area contributed by atoms with Gasteiger partial charge in [0.05, 0.1) is 0 Å². The summed E-state index contributed by atoms with van der Waals surface area (Å²) >= 11 is 6.09. The maximum Gasteiger partial charge on any atom is 0.136 e. The predicted octanol–water partition coefficient (Wildman–Crippen LogP) is 2.36. The average molecular weight is 221 g/mol. The highest BCUT2D eigenvalue weighted by atomic mass is 35.5. The molecule has 1 aromatic heterocycles. The zero-order valence-electron chi connectivity index (χ0n) is 8.41. The van der Waals surface area contributed by atoms with Crippen molar-refractivity contribution in [3.05, 3.63) is 35.1 Å². The first-order valence-electron chi connectivity index (χ1n) is 5.37. The van der Waals surface area contributed by atoms with Crippen molar-refractivity contribution in [2.75, 3.05) is 13.1 Å². The molecule has 2 atom stereocenters. The Labute approximate surface area is 94.4 Å². The summed E-state index contributed by atoms with van der Waals surface area (Å²) in [5.74, 6) is 1.48. The number of allylic oxidation sites excluding steroid dienone is 1. The number of rotatable bonds is 1. The quantitative estimate of drug-likeness (QED) is 0.735. The van der Waals surface area contributed by atoms with Gasteiger partial charge in [-0.2, -0.15) is 0 Å². The van der Waals surface area contributed by atoms with Gasteiger partial charge in [-0.1, -0.05) is 23.7 Å². The second-order valence-electron chi connectivity index (χ2n) is 4.32. The zero-order valence-corrected chi connectivity index (χ0v) is 9.17. The normalized spacial score (nSPS) is 29.0. The Balaban J connectivity index is 1.93. The van der Waals surface area contributed by atoms with Crippen LogP contribution < -0.4 is 5.32 Å². The standard InChI is InChI=1S/C12H13ClN2/c13-12-11(2-1-3-15-12)8-4-9-6-14-7-10(9)5-8/h1-4,9-10,14H,5-7H2. The van der Waals surface area contributed by atoms with Crippen LogP contribution in [0, 0.1) is 11.8 Å². The SMILES string of the molecule is Clc1ncccc1C1=CC2CNCC2C1. The highest BCUT2D eigenvalue weighted by Gasteiger charge is 2.32. The third kappa shape index (κ3) is 1.58. The van der Waals surface area contributed by atoms with Crippen LogP contribution >= 0.6 is 11.6 Å². The minimum absolute atomic E-state index is 0.636. The molecular formula is C12H13ClN2. The summed E-state index contributed by atoms with van der Waals surface area (Å²) in [4.78, 5) is 4.13. The molecule has 1 aromatic rings. The summed E-state index contributed by atoms with van der Waals surface area (Å²) in [6.07, 6.45) is 5.25. The van der Waals surface area contributed by atoms with Crippen LogP contribution in [0.3, 0.4) is 0 Å². The van der Waals surface area contributed by atoms with Crippen molar-refractivity contribution in [3.8, 4) is 0 Å². The summed E-state index contributed by atoms with van der Waals surface area (Å²) in [5, 5.41) is 4.05. The molecule has 0 spiro atoms. The fourth-order valence-electron chi connectivity index (χ4n) is 2.61. The number of pyridine rings is 1. The third-order valence-electron chi connectivity index (χ3n) is 3.39. The van der Waals surface area contributed by atoms with Crippen LogP contribution in [0.2, 0.25) is 5.15 Å². The fraction of sp³-hybridized carbons (Fsp3) is 0.417. The van der Waals surface area contributed by atoms with Gasteiger partial charge in [-0.05, 0) is 36.4 Å². The Morgan fingerprint density at radius 3 is 3.13 bits per heavy atom. The van der Waals surface area contributed by atoms with Gasteiger partial charge in [0.25, 0.3) is 0 Å². The number of fused-ring (bicyclic) bond motifs is 1. The summed E-state index contributed by atoms with van der Waals surface area (Å²) in [6, 6.07) is 4.02. The van der Waals surface area contributed by atoms with E-state index in [0.29, 0.717) is 11.1 Å². The predicted molar refractivity (Wildman–Crippen MR) is 61.7 cm³/mol. The molecule has 1 fully saturated rings. The summed E-state index contributed by atoms with van der Waals surface area (Å²) in [5.41, 5.74) is 2.50. The van der Waals surface area contributed by atoms with Gasteiger partial charge in [-0.3, -0.25) is 0 Å². The van der Waals surface area contributed by atoms with E-state index in [2.05, 4.69) is 22.4 Å². The Bertz CT molecular complexity index is 414. The van der Waals surface area contributed by atoms with Gasteiger partial charge in [-0.25, -0.2) is 4.98 Å². The minimum Gasteiger partial charge on any atom is -0.316 e. The van der Waals surface area contributed by atoms with E-state index in [0.717, 1.165) is 31.0 Å². The molecule has 2 heterocycles. The van der Waals surface area contributed by atoms with E-state index in [-0.39, 0.29) is 0 Å². The van der Waals surface area contributed by atoms with Crippen LogP contribution in [0.15, 0.2) is 24.4 Å². The van der Waals surface area contributed by atoms with E-state index in [9.17, 15) is 0 Å². The number of halogens is 1. The van der Waals surface area contributed by atoms with Gasteiger partial charge in [0.15, 0.2) is 0 Å². The van der Waals surface area contributed by atoms with E-state index < -0.39 is 0 Å². The first-order valence-corrected chi connectivity index (χ1v) is 5.74. The number of hydrogen-bond acceptors (Lipinski definition) is 2. The molecular weight excluding hydrogens is 208 g/mol. The van der Waals surface area contributed by atoms with E-state index in [1.165, 1.54) is 5.57 Å². The summed E-state index contributed by atoms with van der Waals surface area (Å²) in [7, 11) is 0. The van der Waals surface area contributed by atoms with Crippen molar-refractivity contribution in [1.82, 2.24) is 10.3 Å². The van der Waals surface area contributed by atoms with Crippen molar-refractivity contribution < 1.29 is 0 Å². The van der Waals surface area contributed by atoms with E-state index >= 15 is 0 Å². The molecule has 1 aliphatic carbocycles. The molecule has 1 N–H and O–H groups in total. The maximum absolute atomic E-state index is 6.09. The van der Waals surface area contributed by atoms with Crippen molar-refractivity contribution in [3.63, 3.8) is 0 Å². The van der Waals surface area contributed by atoms with Crippen molar-refractivity contribution >= 4 is 17.2 Å². The molecule has 2 nitrogen and oxygen atoms in total. The number of nitrogens with one attached hydrogen (secondary N) is 1. The maximum atomic E-state index is 6.09. The van der Waals surface area contributed by atoms with E-state index in [1.807, 2.05) is 6.07 Å². The largest absolute Gasteiger partial charge is 0.316 e. The first kappa shape index (κ1) is 9.37. The molecule has 0 amide bonds. The van der Waals surface area contributed by atoms with E-state index in [1.54, 1.807) is 6.20 Å². The van der Waals surface area contributed by atoms with E-state index in [4.69, 9.17) is 11.6 Å². The Morgan fingerprint density at radius 1 is 1.40 bits per heavy atom. The second-order valence-corrected chi connectivity index (χ2v) is 4.68. The lowest BCUT2D eigenvalue weighted by atomic mass is 9.99. The molecule has 1 aliphatic heterocycles. The number of hydrogen-bond donors (Lipinski definition) is 1. The average Bonchev–Trinajstić information content (AvgIpc) is 2.77. The molecule has 3 heteroatoms. The van der Waals surface area contributed by atoms with Gasteiger partial charge < -0.3 is 5.32 Å². The molecule has 78 valence electrons. The number of aromatic nitrogens is 1. The van der Waals surface area contributed by atoms with Crippen LogP contribution in [0.5, 0.6) is 0 Å². The van der Waals surface area contributed by atoms with Crippen LogP contribution in [0.25, 0.3) is 5.57 Å². The third-order valence-corrected chi connectivity index (χ3v) is 3.70. The molecule has 3 rings (SSSR count). The van der Waals surface area contributed by atoms with Gasteiger partial charge >= 0.3 is 0 Å². The Kier molecular flexibility index (Phi) is 2.26. The van der Waals surface area contributed by atoms with Crippen LogP contribution in [0.4, 0.5) is 0 Å². The van der Waals surface area contributed by atoms with Gasteiger partial charge in [0.1, 0.15) is 5.15 Å². The Morgan fingerprint density at radius 2 is 2.33 bits per heavy atom. The summed E-state index contributed by atoms with van der Waals surface area (Å²) in [6.45, 7) is 2.26. The Hall–Kier alpha value is -0.860. The van der Waals surface area contributed by atoms with Crippen LogP contribution in [-0.4, -0.2) is 18.1 Å². The molecule has 2 unspecified atom stereocenters. The lowest BCUT2D eigenvalue weighted by molar-refractivity contribution is 0.536. The molecule has 1 saturated heterocycles. The molecule has 0 aromatic carbocycles.